The van der Waals surface area contributed by atoms with Crippen LogP contribution in [0.25, 0.3) is 32.7 Å². The van der Waals surface area contributed by atoms with E-state index < -0.39 is 11.2 Å². The quantitative estimate of drug-likeness (QED) is 0.569. The molecule has 2 aromatic heterocycles. The summed E-state index contributed by atoms with van der Waals surface area (Å²) in [7, 11) is 1.71. The molecule has 2 aromatic carbocycles. The van der Waals surface area contributed by atoms with Crippen molar-refractivity contribution in [1.29, 1.82) is 0 Å². The van der Waals surface area contributed by atoms with Gasteiger partial charge >= 0.3 is 7.48 Å². The topological polar surface area (TPSA) is 55.5 Å². The first-order chi connectivity index (χ1) is 12.3. The molecule has 5 heteroatoms. The molecule has 0 atom stereocenters. The monoisotopic (exact) mass is 346 g/mol. The van der Waals surface area contributed by atoms with E-state index in [9.17, 15) is 5.11 Å². The third kappa shape index (κ3) is 2.77. The van der Waals surface area contributed by atoms with Crippen molar-refractivity contribution < 1.29 is 14.2 Å². The Balaban J connectivity index is 1.80. The average molecular weight is 346 g/mol. The van der Waals surface area contributed by atoms with Gasteiger partial charge in [0.15, 0.2) is 5.58 Å². The predicted molar refractivity (Wildman–Crippen MR) is 106 cm³/mol. The molecule has 0 aliphatic carbocycles. The normalized spacial score (nSPS) is 13.0. The number of rotatable bonds is 4. The molecular formula is C21H21BNO3. The highest BCUT2D eigenvalue weighted by molar-refractivity contribution is 6.47. The molecule has 4 nitrogen and oxygen atoms in total. The van der Waals surface area contributed by atoms with E-state index in [2.05, 4.69) is 23.2 Å². The standard InChI is InChI=1S/C21H21BNO3/c1-20(2,24)21(3,4)26-22-14-7-5-13-6-8-17-19(16(13)11-14)15-9-10-23-12-18(15)25-17/h5-12,24H,1-4H3. The number of aliphatic hydroxyl groups is 1. The first-order valence-electron chi connectivity index (χ1n) is 8.69. The minimum atomic E-state index is -0.957. The summed E-state index contributed by atoms with van der Waals surface area (Å²) in [6, 6.07) is 12.2. The SMILES string of the molecule is CC(C)(O)C(C)(C)O[B]c1ccc2ccc3oc4cnccc4c3c2c1. The molecule has 0 aliphatic heterocycles. The molecule has 0 spiro atoms. The number of aromatic nitrogens is 1. The highest BCUT2D eigenvalue weighted by Gasteiger charge is 2.35. The first kappa shape index (κ1) is 17.1. The van der Waals surface area contributed by atoms with E-state index in [1.54, 1.807) is 33.7 Å². The highest BCUT2D eigenvalue weighted by Crippen LogP contribution is 2.33. The lowest BCUT2D eigenvalue weighted by Crippen LogP contribution is -2.49. The Labute approximate surface area is 153 Å². The lowest BCUT2D eigenvalue weighted by Gasteiger charge is -2.37. The molecule has 0 amide bonds. The molecule has 0 fully saturated rings. The van der Waals surface area contributed by atoms with Gasteiger partial charge in [0, 0.05) is 17.0 Å². The highest BCUT2D eigenvalue weighted by atomic mass is 16.5. The van der Waals surface area contributed by atoms with E-state index in [1.807, 2.05) is 32.0 Å². The van der Waals surface area contributed by atoms with Crippen molar-refractivity contribution in [3.05, 3.63) is 48.8 Å². The molecule has 1 N–H and O–H groups in total. The van der Waals surface area contributed by atoms with Gasteiger partial charge in [-0.15, -0.1) is 0 Å². The summed E-state index contributed by atoms with van der Waals surface area (Å²) in [5.74, 6) is 0. The van der Waals surface area contributed by atoms with Crippen LogP contribution in [0.3, 0.4) is 0 Å². The molecule has 4 aromatic rings. The van der Waals surface area contributed by atoms with Gasteiger partial charge in [-0.25, -0.2) is 0 Å². The summed E-state index contributed by atoms with van der Waals surface area (Å²) in [5, 5.41) is 14.6. The summed E-state index contributed by atoms with van der Waals surface area (Å²) in [6.07, 6.45) is 3.52. The Morgan fingerprint density at radius 1 is 1.00 bits per heavy atom. The number of fused-ring (bicyclic) bond motifs is 5. The summed E-state index contributed by atoms with van der Waals surface area (Å²) in [6.45, 7) is 7.24. The Bertz CT molecular complexity index is 1110. The summed E-state index contributed by atoms with van der Waals surface area (Å²) >= 11 is 0. The van der Waals surface area contributed by atoms with Crippen molar-refractivity contribution >= 4 is 45.7 Å². The predicted octanol–water partition coefficient (Wildman–Crippen LogP) is 3.94. The number of benzene rings is 2. The number of hydrogen-bond acceptors (Lipinski definition) is 4. The fraction of sp³-hybridized carbons (Fsp3) is 0.286. The second-order valence-electron chi connectivity index (χ2n) is 7.70. The van der Waals surface area contributed by atoms with Gasteiger partial charge in [0.1, 0.15) is 5.58 Å². The zero-order chi connectivity index (χ0) is 18.5. The van der Waals surface area contributed by atoms with Gasteiger partial charge in [0.25, 0.3) is 0 Å². The van der Waals surface area contributed by atoms with Gasteiger partial charge in [-0.05, 0) is 50.6 Å². The number of furan rings is 1. The van der Waals surface area contributed by atoms with Gasteiger partial charge < -0.3 is 14.2 Å². The van der Waals surface area contributed by atoms with Crippen LogP contribution in [0.5, 0.6) is 0 Å². The van der Waals surface area contributed by atoms with E-state index in [0.717, 1.165) is 38.2 Å². The molecule has 4 rings (SSSR count). The molecular weight excluding hydrogens is 325 g/mol. The second-order valence-corrected chi connectivity index (χ2v) is 7.70. The van der Waals surface area contributed by atoms with Gasteiger partial charge in [0.2, 0.25) is 0 Å². The van der Waals surface area contributed by atoms with Gasteiger partial charge in [-0.2, -0.15) is 0 Å². The summed E-state index contributed by atoms with van der Waals surface area (Å²) in [5.41, 5.74) is 0.897. The minimum Gasteiger partial charge on any atom is -0.454 e. The van der Waals surface area contributed by atoms with E-state index >= 15 is 0 Å². The van der Waals surface area contributed by atoms with E-state index in [1.165, 1.54) is 0 Å². The summed E-state index contributed by atoms with van der Waals surface area (Å²) in [4.78, 5) is 4.14. The smallest absolute Gasteiger partial charge is 0.330 e. The molecule has 0 aliphatic rings. The number of hydrogen-bond donors (Lipinski definition) is 1. The number of nitrogens with zero attached hydrogens (tertiary/aromatic N) is 1. The lowest BCUT2D eigenvalue weighted by molar-refractivity contribution is -0.0893. The van der Waals surface area contributed by atoms with Crippen LogP contribution in [0.2, 0.25) is 0 Å². The van der Waals surface area contributed by atoms with Crippen LogP contribution in [0.15, 0.2) is 53.2 Å². The summed E-state index contributed by atoms with van der Waals surface area (Å²) < 4.78 is 11.8. The zero-order valence-corrected chi connectivity index (χ0v) is 15.4. The van der Waals surface area contributed by atoms with Crippen molar-refractivity contribution in [3.63, 3.8) is 0 Å². The number of pyridine rings is 1. The van der Waals surface area contributed by atoms with E-state index in [0.29, 0.717) is 0 Å². The largest absolute Gasteiger partial charge is 0.454 e. The third-order valence-corrected chi connectivity index (χ3v) is 5.24. The van der Waals surface area contributed by atoms with E-state index in [4.69, 9.17) is 9.07 Å². The molecule has 26 heavy (non-hydrogen) atoms. The van der Waals surface area contributed by atoms with Crippen LogP contribution in [0, 0.1) is 0 Å². The van der Waals surface area contributed by atoms with E-state index in [-0.39, 0.29) is 0 Å². The maximum Gasteiger partial charge on any atom is 0.330 e. The molecule has 1 radical (unpaired) electrons. The Kier molecular flexibility index (Phi) is 3.83. The van der Waals surface area contributed by atoms with Gasteiger partial charge in [-0.1, -0.05) is 29.7 Å². The van der Waals surface area contributed by atoms with Crippen molar-refractivity contribution in [2.45, 2.75) is 38.9 Å². The van der Waals surface area contributed by atoms with Crippen molar-refractivity contribution in [2.24, 2.45) is 0 Å². The van der Waals surface area contributed by atoms with Crippen LogP contribution in [0.1, 0.15) is 27.7 Å². The van der Waals surface area contributed by atoms with Crippen molar-refractivity contribution in [2.75, 3.05) is 0 Å². The maximum absolute atomic E-state index is 10.3. The van der Waals surface area contributed by atoms with Crippen LogP contribution in [-0.4, -0.2) is 28.8 Å². The Hall–Kier alpha value is -2.37. The van der Waals surface area contributed by atoms with Crippen LogP contribution in [0.4, 0.5) is 0 Å². The maximum atomic E-state index is 10.3. The molecule has 2 heterocycles. The Morgan fingerprint density at radius 3 is 2.54 bits per heavy atom. The molecule has 0 unspecified atom stereocenters. The van der Waals surface area contributed by atoms with Gasteiger partial charge in [-0.3, -0.25) is 4.98 Å². The molecule has 131 valence electrons. The first-order valence-corrected chi connectivity index (χ1v) is 8.69. The second kappa shape index (κ2) is 5.83. The van der Waals surface area contributed by atoms with Crippen molar-refractivity contribution in [1.82, 2.24) is 4.98 Å². The molecule has 0 saturated carbocycles. The zero-order valence-electron chi connectivity index (χ0n) is 15.4. The Morgan fingerprint density at radius 2 is 1.77 bits per heavy atom. The third-order valence-electron chi connectivity index (χ3n) is 5.24. The minimum absolute atomic E-state index is 0.706. The van der Waals surface area contributed by atoms with Crippen LogP contribution < -0.4 is 5.46 Å². The van der Waals surface area contributed by atoms with Crippen LogP contribution in [-0.2, 0) is 4.65 Å². The fourth-order valence-corrected chi connectivity index (χ4v) is 2.90. The lowest BCUT2D eigenvalue weighted by atomic mass is 9.81. The molecule has 0 saturated heterocycles. The fourth-order valence-electron chi connectivity index (χ4n) is 2.90. The van der Waals surface area contributed by atoms with Gasteiger partial charge in [0.05, 0.1) is 17.4 Å². The van der Waals surface area contributed by atoms with Crippen LogP contribution >= 0.6 is 0 Å². The average Bonchev–Trinajstić information content (AvgIpc) is 2.98. The van der Waals surface area contributed by atoms with Crippen molar-refractivity contribution in [3.8, 4) is 0 Å². The molecule has 0 bridgehead atoms.